The molecule has 0 saturated heterocycles. The van der Waals surface area contributed by atoms with Crippen LogP contribution in [0.3, 0.4) is 0 Å². The van der Waals surface area contributed by atoms with Crippen molar-refractivity contribution in [3.63, 3.8) is 0 Å². The summed E-state index contributed by atoms with van der Waals surface area (Å²) in [5, 5.41) is 0. The minimum atomic E-state index is -0.477. The Hall–Kier alpha value is -3.02. The highest BCUT2D eigenvalue weighted by Gasteiger charge is 2.11. The molecule has 108 valence electrons. The molecule has 2 rings (SSSR count). The van der Waals surface area contributed by atoms with Crippen LogP contribution in [0.2, 0.25) is 0 Å². The number of nitrogens with two attached hydrogens (primary N) is 1. The average Bonchev–Trinajstić information content (AvgIpc) is 2.52. The molecule has 0 spiro atoms. The Morgan fingerprint density at radius 3 is 2.19 bits per heavy atom. The minimum absolute atomic E-state index is 0.299. The number of nitrogen functional groups attached to an aromatic ring is 1. The van der Waals surface area contributed by atoms with Crippen LogP contribution in [0, 0.1) is 0 Å². The second-order valence-corrected chi connectivity index (χ2v) is 4.22. The van der Waals surface area contributed by atoms with Gasteiger partial charge in [-0.2, -0.15) is 0 Å². The van der Waals surface area contributed by atoms with Crippen LogP contribution in [0.5, 0.6) is 5.75 Å². The molecule has 0 atom stereocenters. The lowest BCUT2D eigenvalue weighted by molar-refractivity contribution is 0.0847. The van der Waals surface area contributed by atoms with Crippen molar-refractivity contribution in [1.29, 1.82) is 0 Å². The molecule has 6 heteroatoms. The Morgan fingerprint density at radius 2 is 1.57 bits per heavy atom. The van der Waals surface area contributed by atoms with Crippen molar-refractivity contribution in [2.75, 3.05) is 12.8 Å². The van der Waals surface area contributed by atoms with E-state index in [4.69, 9.17) is 10.5 Å². The van der Waals surface area contributed by atoms with Gasteiger partial charge in [-0.1, -0.05) is 12.1 Å². The van der Waals surface area contributed by atoms with E-state index in [9.17, 15) is 9.59 Å². The Balaban J connectivity index is 1.97. The third kappa shape index (κ3) is 3.50. The van der Waals surface area contributed by atoms with Gasteiger partial charge in [0.25, 0.3) is 11.8 Å². The molecular weight excluding hydrogens is 270 g/mol. The van der Waals surface area contributed by atoms with E-state index in [1.165, 1.54) is 0 Å². The van der Waals surface area contributed by atoms with Gasteiger partial charge < -0.3 is 10.5 Å². The van der Waals surface area contributed by atoms with Crippen molar-refractivity contribution < 1.29 is 14.3 Å². The first kappa shape index (κ1) is 14.4. The third-order valence-corrected chi connectivity index (χ3v) is 2.85. The molecule has 0 bridgehead atoms. The first-order valence-corrected chi connectivity index (χ1v) is 6.21. The van der Waals surface area contributed by atoms with Gasteiger partial charge in [-0.25, -0.2) is 0 Å². The zero-order valence-electron chi connectivity index (χ0n) is 11.4. The lowest BCUT2D eigenvalue weighted by Gasteiger charge is -2.09. The summed E-state index contributed by atoms with van der Waals surface area (Å²) in [6.07, 6.45) is 0. The molecule has 0 saturated carbocycles. The number of hydrogen-bond acceptors (Lipinski definition) is 4. The van der Waals surface area contributed by atoms with E-state index in [-0.39, 0.29) is 0 Å². The molecular formula is C15H15N3O3. The summed E-state index contributed by atoms with van der Waals surface area (Å²) in [6, 6.07) is 13.1. The molecule has 0 aromatic heterocycles. The van der Waals surface area contributed by atoms with Crippen LogP contribution in [0.15, 0.2) is 48.5 Å². The Bertz CT molecular complexity index is 653. The molecule has 2 aromatic carbocycles. The highest BCUT2D eigenvalue weighted by atomic mass is 16.5. The highest BCUT2D eigenvalue weighted by molar-refractivity contribution is 6.01. The lowest BCUT2D eigenvalue weighted by atomic mass is 10.2. The van der Waals surface area contributed by atoms with Crippen LogP contribution in [-0.2, 0) is 0 Å². The van der Waals surface area contributed by atoms with Crippen LogP contribution >= 0.6 is 0 Å². The Kier molecular flexibility index (Phi) is 4.40. The smallest absolute Gasteiger partial charge is 0.271 e. The van der Waals surface area contributed by atoms with E-state index >= 15 is 0 Å². The summed E-state index contributed by atoms with van der Waals surface area (Å²) < 4.78 is 5.00. The van der Waals surface area contributed by atoms with Crippen molar-refractivity contribution >= 4 is 17.5 Å². The maximum atomic E-state index is 11.9. The fourth-order valence-corrected chi connectivity index (χ4v) is 1.70. The summed E-state index contributed by atoms with van der Waals surface area (Å²) in [6.45, 7) is 0. The Labute approximate surface area is 121 Å². The first-order valence-electron chi connectivity index (χ1n) is 6.21. The van der Waals surface area contributed by atoms with Gasteiger partial charge >= 0.3 is 0 Å². The fourth-order valence-electron chi connectivity index (χ4n) is 1.70. The van der Waals surface area contributed by atoms with Crippen molar-refractivity contribution in [2.24, 2.45) is 0 Å². The Morgan fingerprint density at radius 1 is 0.952 bits per heavy atom. The van der Waals surface area contributed by atoms with Gasteiger partial charge in [0.2, 0.25) is 0 Å². The first-order chi connectivity index (χ1) is 10.1. The van der Waals surface area contributed by atoms with E-state index in [1.54, 1.807) is 55.6 Å². The topological polar surface area (TPSA) is 93.5 Å². The van der Waals surface area contributed by atoms with E-state index in [0.29, 0.717) is 22.6 Å². The third-order valence-electron chi connectivity index (χ3n) is 2.85. The number of para-hydroxylation sites is 1. The van der Waals surface area contributed by atoms with Crippen molar-refractivity contribution in [3.8, 4) is 5.75 Å². The predicted molar refractivity (Wildman–Crippen MR) is 78.8 cm³/mol. The van der Waals surface area contributed by atoms with E-state index in [1.807, 2.05) is 0 Å². The number of ether oxygens (including phenoxy) is 1. The second-order valence-electron chi connectivity index (χ2n) is 4.22. The molecule has 0 radical (unpaired) electrons. The summed E-state index contributed by atoms with van der Waals surface area (Å²) in [5.74, 6) is -0.261. The molecule has 0 fully saturated rings. The van der Waals surface area contributed by atoms with Crippen molar-refractivity contribution in [2.45, 2.75) is 0 Å². The standard InChI is InChI=1S/C15H15N3O3/c1-21-11-8-6-10(7-9-11)14(19)17-18-15(20)12-4-2-3-5-13(12)16/h2-9H,16H2,1H3,(H,17,19)(H,18,20). The minimum Gasteiger partial charge on any atom is -0.497 e. The van der Waals surface area contributed by atoms with Crippen LogP contribution in [0.1, 0.15) is 20.7 Å². The van der Waals surface area contributed by atoms with Gasteiger partial charge in [-0.3, -0.25) is 20.4 Å². The number of methoxy groups -OCH3 is 1. The largest absolute Gasteiger partial charge is 0.497 e. The summed E-state index contributed by atoms with van der Waals surface area (Å²) in [4.78, 5) is 23.7. The molecule has 6 nitrogen and oxygen atoms in total. The van der Waals surface area contributed by atoms with Gasteiger partial charge in [0.1, 0.15) is 5.75 Å². The van der Waals surface area contributed by atoms with Crippen LogP contribution in [0.4, 0.5) is 5.69 Å². The quantitative estimate of drug-likeness (QED) is 0.586. The van der Waals surface area contributed by atoms with Gasteiger partial charge in [-0.15, -0.1) is 0 Å². The number of benzene rings is 2. The summed E-state index contributed by atoms with van der Waals surface area (Å²) >= 11 is 0. The van der Waals surface area contributed by atoms with Gasteiger partial charge in [-0.05, 0) is 36.4 Å². The van der Waals surface area contributed by atoms with E-state index in [2.05, 4.69) is 10.9 Å². The molecule has 4 N–H and O–H groups in total. The second kappa shape index (κ2) is 6.42. The maximum absolute atomic E-state index is 11.9. The van der Waals surface area contributed by atoms with Crippen LogP contribution in [0.25, 0.3) is 0 Å². The summed E-state index contributed by atoms with van der Waals surface area (Å²) in [5.41, 5.74) is 11.4. The zero-order chi connectivity index (χ0) is 15.2. The molecule has 0 aliphatic heterocycles. The molecule has 0 aliphatic rings. The maximum Gasteiger partial charge on any atom is 0.271 e. The number of carbonyl (C=O) groups is 2. The zero-order valence-corrected chi connectivity index (χ0v) is 11.4. The van der Waals surface area contributed by atoms with Gasteiger partial charge in [0.05, 0.1) is 12.7 Å². The molecule has 0 aliphatic carbocycles. The number of hydrazine groups is 1. The number of anilines is 1. The van der Waals surface area contributed by atoms with Crippen molar-refractivity contribution in [3.05, 3.63) is 59.7 Å². The van der Waals surface area contributed by atoms with E-state index < -0.39 is 11.8 Å². The van der Waals surface area contributed by atoms with Gasteiger partial charge in [0, 0.05) is 11.3 Å². The van der Waals surface area contributed by atoms with E-state index in [0.717, 1.165) is 0 Å². The molecule has 21 heavy (non-hydrogen) atoms. The number of hydrogen-bond donors (Lipinski definition) is 3. The average molecular weight is 285 g/mol. The lowest BCUT2D eigenvalue weighted by Crippen LogP contribution is -2.41. The summed E-state index contributed by atoms with van der Waals surface area (Å²) in [7, 11) is 1.54. The molecule has 2 aromatic rings. The SMILES string of the molecule is COc1ccc(C(=O)NNC(=O)c2ccccc2N)cc1. The monoisotopic (exact) mass is 285 g/mol. The number of nitrogens with one attached hydrogen (secondary N) is 2. The van der Waals surface area contributed by atoms with Crippen molar-refractivity contribution in [1.82, 2.24) is 10.9 Å². The highest BCUT2D eigenvalue weighted by Crippen LogP contribution is 2.11. The number of amides is 2. The molecule has 2 amide bonds. The van der Waals surface area contributed by atoms with Crippen LogP contribution in [-0.4, -0.2) is 18.9 Å². The van der Waals surface area contributed by atoms with Gasteiger partial charge in [0.15, 0.2) is 0 Å². The molecule has 0 heterocycles. The number of carbonyl (C=O) groups excluding carboxylic acids is 2. The number of rotatable bonds is 3. The molecule has 0 unspecified atom stereocenters. The predicted octanol–water partition coefficient (Wildman–Crippen LogP) is 1.35. The fraction of sp³-hybridized carbons (Fsp3) is 0.0667. The normalized spacial score (nSPS) is 9.76. The van der Waals surface area contributed by atoms with Crippen LogP contribution < -0.4 is 21.3 Å².